The van der Waals surface area contributed by atoms with E-state index in [1.165, 1.54) is 0 Å². The van der Waals surface area contributed by atoms with E-state index < -0.39 is 46.5 Å². The summed E-state index contributed by atoms with van der Waals surface area (Å²) in [7, 11) is -4.44. The van der Waals surface area contributed by atoms with Crippen LogP contribution in [0.15, 0.2) is 4.52 Å². The Kier molecular flexibility index (Phi) is 4.09. The van der Waals surface area contributed by atoms with Gasteiger partial charge in [-0.15, -0.1) is 0 Å². The highest BCUT2D eigenvalue weighted by atomic mass is 32.2. The van der Waals surface area contributed by atoms with Crippen molar-refractivity contribution in [2.75, 3.05) is 13.2 Å². The molecule has 24 heavy (non-hydrogen) atoms. The molecule has 0 saturated carbocycles. The maximum atomic E-state index is 11.5. The quantitative estimate of drug-likeness (QED) is 0.408. The second-order valence-corrected chi connectivity index (χ2v) is 7.92. The summed E-state index contributed by atoms with van der Waals surface area (Å²) in [5.74, 6) is -3.41. The molecular weight excluding hydrogens is 346 g/mol. The molecule has 11 nitrogen and oxygen atoms in total. The van der Waals surface area contributed by atoms with Gasteiger partial charge in [0.2, 0.25) is 5.79 Å². The first-order chi connectivity index (χ1) is 11.0. The minimum absolute atomic E-state index is 0.106. The fourth-order valence-corrected chi connectivity index (χ4v) is 3.62. The highest BCUT2D eigenvalue weighted by Crippen LogP contribution is 2.47. The van der Waals surface area contributed by atoms with Crippen molar-refractivity contribution in [1.82, 2.24) is 0 Å². The number of hydrogen-bond donors (Lipinski definition) is 0. The molecule has 0 aromatic rings. The lowest BCUT2D eigenvalue weighted by Crippen LogP contribution is -2.60. The van der Waals surface area contributed by atoms with Crippen LogP contribution in [0.3, 0.4) is 0 Å². The summed E-state index contributed by atoms with van der Waals surface area (Å²) < 4.78 is 59.3. The van der Waals surface area contributed by atoms with Gasteiger partial charge in [-0.1, -0.05) is 0 Å². The number of rotatable bonds is 4. The molecule has 1 unspecified atom stereocenters. The third-order valence-corrected chi connectivity index (χ3v) is 4.51. The average molecular weight is 365 g/mol. The van der Waals surface area contributed by atoms with Crippen molar-refractivity contribution in [3.63, 3.8) is 0 Å². The van der Waals surface area contributed by atoms with Crippen molar-refractivity contribution in [2.45, 2.75) is 63.4 Å². The summed E-state index contributed by atoms with van der Waals surface area (Å²) in [5, 5.41) is 0. The van der Waals surface area contributed by atoms with E-state index in [0.717, 1.165) is 0 Å². The minimum Gasteiger partial charge on any atom is -0.343 e. The molecule has 12 heteroatoms. The van der Waals surface area contributed by atoms with Crippen molar-refractivity contribution in [2.24, 2.45) is 4.52 Å². The molecule has 0 N–H and O–H groups in total. The normalized spacial score (nSPS) is 39.8. The standard InChI is InChI=1S/C12H19N3O8S/c1-10(2)20-7-5-18-12(6-19-24(16,17)15-14-13)9(8(7)21-10)22-11(3,4)23-12/h7-9H,5-6H2,1-4H3/t7-,8-,9?,12+/m0/s1. The van der Waals surface area contributed by atoms with Crippen molar-refractivity contribution < 1.29 is 36.3 Å². The van der Waals surface area contributed by atoms with Crippen LogP contribution in [0.5, 0.6) is 0 Å². The van der Waals surface area contributed by atoms with E-state index in [4.69, 9.17) is 33.4 Å². The second kappa shape index (κ2) is 5.51. The summed E-state index contributed by atoms with van der Waals surface area (Å²) >= 11 is 0. The first kappa shape index (κ1) is 17.8. The largest absolute Gasteiger partial charge is 0.358 e. The van der Waals surface area contributed by atoms with Gasteiger partial charge in [0.25, 0.3) is 0 Å². The highest BCUT2D eigenvalue weighted by Gasteiger charge is 2.65. The Labute approximate surface area is 139 Å². The molecule has 4 atom stereocenters. The Bertz CT molecular complexity index is 674. The topological polar surface area (TPSA) is 138 Å². The zero-order chi connectivity index (χ0) is 17.8. The molecule has 3 fully saturated rings. The number of nitrogens with zero attached hydrogens (tertiary/aromatic N) is 3. The first-order valence-electron chi connectivity index (χ1n) is 7.31. The molecule has 0 aromatic heterocycles. The van der Waals surface area contributed by atoms with E-state index in [0.29, 0.717) is 0 Å². The van der Waals surface area contributed by atoms with Crippen molar-refractivity contribution in [1.29, 1.82) is 0 Å². The maximum Gasteiger partial charge on any atom is 0.358 e. The van der Waals surface area contributed by atoms with Gasteiger partial charge in [0.15, 0.2) is 11.6 Å². The van der Waals surface area contributed by atoms with Gasteiger partial charge in [-0.2, -0.15) is 8.42 Å². The molecule has 3 heterocycles. The lowest BCUT2D eigenvalue weighted by molar-refractivity contribution is -0.290. The number of ether oxygens (including phenoxy) is 5. The molecule has 0 aromatic carbocycles. The van der Waals surface area contributed by atoms with Crippen LogP contribution < -0.4 is 0 Å². The summed E-state index contributed by atoms with van der Waals surface area (Å²) in [6.45, 7) is 6.40. The monoisotopic (exact) mass is 365 g/mol. The van der Waals surface area contributed by atoms with E-state index in [-0.39, 0.29) is 12.7 Å². The lowest BCUT2D eigenvalue weighted by Gasteiger charge is -2.40. The Morgan fingerprint density at radius 3 is 2.58 bits per heavy atom. The Morgan fingerprint density at radius 2 is 1.92 bits per heavy atom. The van der Waals surface area contributed by atoms with E-state index in [1.54, 1.807) is 27.7 Å². The molecule has 0 bridgehead atoms. The summed E-state index contributed by atoms with van der Waals surface area (Å²) in [6.07, 6.45) is -1.69. The van der Waals surface area contributed by atoms with E-state index in [9.17, 15) is 8.42 Å². The average Bonchev–Trinajstić information content (AvgIpc) is 2.88. The molecule has 3 aliphatic heterocycles. The molecule has 0 spiro atoms. The minimum atomic E-state index is -4.44. The number of azide groups is 1. The summed E-state index contributed by atoms with van der Waals surface area (Å²) in [6, 6.07) is 0. The van der Waals surface area contributed by atoms with Gasteiger partial charge in [-0.25, -0.2) is 0 Å². The fourth-order valence-electron chi connectivity index (χ4n) is 3.17. The van der Waals surface area contributed by atoms with Crippen molar-refractivity contribution >= 4 is 10.3 Å². The Hall–Kier alpha value is -0.980. The summed E-state index contributed by atoms with van der Waals surface area (Å²) in [4.78, 5) is 2.21. The van der Waals surface area contributed by atoms with Gasteiger partial charge >= 0.3 is 10.3 Å². The van der Waals surface area contributed by atoms with E-state index >= 15 is 0 Å². The van der Waals surface area contributed by atoms with Crippen LogP contribution in [-0.2, 0) is 38.2 Å². The molecule has 3 rings (SSSR count). The smallest absolute Gasteiger partial charge is 0.343 e. The van der Waals surface area contributed by atoms with Crippen LogP contribution >= 0.6 is 0 Å². The molecular formula is C12H19N3O8S. The summed E-state index contributed by atoms with van der Waals surface area (Å²) in [5.41, 5.74) is 8.26. The third kappa shape index (κ3) is 3.24. The van der Waals surface area contributed by atoms with Crippen LogP contribution in [0.4, 0.5) is 0 Å². The maximum absolute atomic E-state index is 11.5. The zero-order valence-electron chi connectivity index (χ0n) is 13.7. The molecule has 3 aliphatic rings. The van der Waals surface area contributed by atoms with Crippen LogP contribution in [0.25, 0.3) is 10.4 Å². The Balaban J connectivity index is 1.86. The number of hydrogen-bond acceptors (Lipinski definition) is 8. The van der Waals surface area contributed by atoms with Crippen molar-refractivity contribution in [3.05, 3.63) is 10.4 Å². The molecule has 0 radical (unpaired) electrons. The molecule has 0 aliphatic carbocycles. The fraction of sp³-hybridized carbons (Fsp3) is 1.00. The number of fused-ring (bicyclic) bond motifs is 3. The van der Waals surface area contributed by atoms with Gasteiger partial charge < -0.3 is 23.7 Å². The van der Waals surface area contributed by atoms with Crippen molar-refractivity contribution in [3.8, 4) is 0 Å². The predicted molar refractivity (Wildman–Crippen MR) is 76.6 cm³/mol. The second-order valence-electron chi connectivity index (χ2n) is 6.66. The zero-order valence-corrected chi connectivity index (χ0v) is 14.5. The van der Waals surface area contributed by atoms with Gasteiger partial charge in [0, 0.05) is 4.91 Å². The van der Waals surface area contributed by atoms with Gasteiger partial charge in [-0.05, 0) is 33.2 Å². The van der Waals surface area contributed by atoms with Gasteiger partial charge in [0.1, 0.15) is 24.9 Å². The lowest BCUT2D eigenvalue weighted by atomic mass is 9.98. The van der Waals surface area contributed by atoms with Gasteiger partial charge in [0.05, 0.1) is 11.1 Å². The molecule has 3 saturated heterocycles. The van der Waals surface area contributed by atoms with Gasteiger partial charge in [-0.3, -0.25) is 4.18 Å². The van der Waals surface area contributed by atoms with Crippen LogP contribution in [0, 0.1) is 0 Å². The first-order valence-corrected chi connectivity index (χ1v) is 8.67. The Morgan fingerprint density at radius 1 is 1.21 bits per heavy atom. The van der Waals surface area contributed by atoms with E-state index in [1.807, 2.05) is 0 Å². The van der Waals surface area contributed by atoms with Crippen LogP contribution in [0.1, 0.15) is 27.7 Å². The SMILES string of the molecule is CC1(C)O[C@H]2CO[C@]3(COS(=O)(=O)N=[N+]=[N-])OC(C)(C)OC3[C@H]2O1. The molecule has 0 amide bonds. The highest BCUT2D eigenvalue weighted by molar-refractivity contribution is 7.85. The predicted octanol–water partition coefficient (Wildman–Crippen LogP) is 0.956. The van der Waals surface area contributed by atoms with Crippen LogP contribution in [0.2, 0.25) is 0 Å². The molecule has 136 valence electrons. The third-order valence-electron chi connectivity index (χ3n) is 3.82. The van der Waals surface area contributed by atoms with E-state index in [2.05, 4.69) is 9.43 Å². The van der Waals surface area contributed by atoms with Crippen LogP contribution in [-0.4, -0.2) is 57.3 Å².